The minimum atomic E-state index is -1.49. The standard InChI is InChI=1S/C6H11ClO5/c7-1-2-3(8)4(9)5(10)6(11)12-2/h2-6,8-11H,1H2/t2?,3-,4-,5?,6+/m0/s1. The third-order valence-electron chi connectivity index (χ3n) is 1.84. The minimum absolute atomic E-state index is 0.0536. The molecule has 1 aliphatic heterocycles. The Morgan fingerprint density at radius 3 is 2.08 bits per heavy atom. The molecule has 0 radical (unpaired) electrons. The highest BCUT2D eigenvalue weighted by molar-refractivity contribution is 6.18. The summed E-state index contributed by atoms with van der Waals surface area (Å²) in [5.41, 5.74) is 0. The molecule has 1 rings (SSSR count). The summed E-state index contributed by atoms with van der Waals surface area (Å²) in [4.78, 5) is 0. The lowest BCUT2D eigenvalue weighted by atomic mass is 10.0. The van der Waals surface area contributed by atoms with Crippen molar-refractivity contribution in [2.75, 3.05) is 5.88 Å². The van der Waals surface area contributed by atoms with Crippen molar-refractivity contribution in [3.8, 4) is 0 Å². The third-order valence-corrected chi connectivity index (χ3v) is 2.14. The average molecular weight is 199 g/mol. The molecule has 1 saturated heterocycles. The van der Waals surface area contributed by atoms with Gasteiger partial charge >= 0.3 is 0 Å². The summed E-state index contributed by atoms with van der Waals surface area (Å²) < 4.78 is 4.69. The van der Waals surface area contributed by atoms with E-state index in [4.69, 9.17) is 31.7 Å². The number of hydrogen-bond donors (Lipinski definition) is 4. The molecule has 1 heterocycles. The number of hydrogen-bond acceptors (Lipinski definition) is 5. The van der Waals surface area contributed by atoms with Crippen LogP contribution in [0.15, 0.2) is 0 Å². The lowest BCUT2D eigenvalue weighted by molar-refractivity contribution is -0.276. The Morgan fingerprint density at radius 1 is 1.00 bits per heavy atom. The van der Waals surface area contributed by atoms with E-state index in [1.807, 2.05) is 0 Å². The molecular formula is C6H11ClO5. The van der Waals surface area contributed by atoms with Crippen LogP contribution in [0.3, 0.4) is 0 Å². The van der Waals surface area contributed by atoms with Gasteiger partial charge in [0.05, 0.1) is 5.88 Å². The summed E-state index contributed by atoms with van der Waals surface area (Å²) in [6.45, 7) is 0. The van der Waals surface area contributed by atoms with Gasteiger partial charge in [0.15, 0.2) is 6.29 Å². The Balaban J connectivity index is 2.63. The van der Waals surface area contributed by atoms with Crippen LogP contribution >= 0.6 is 11.6 Å². The molecule has 12 heavy (non-hydrogen) atoms. The van der Waals surface area contributed by atoms with Gasteiger partial charge in [-0.3, -0.25) is 0 Å². The van der Waals surface area contributed by atoms with Gasteiger partial charge in [-0.05, 0) is 0 Å². The molecule has 1 fully saturated rings. The Morgan fingerprint density at radius 2 is 1.58 bits per heavy atom. The van der Waals surface area contributed by atoms with E-state index >= 15 is 0 Å². The van der Waals surface area contributed by atoms with Crippen molar-refractivity contribution < 1.29 is 25.2 Å². The molecule has 6 heteroatoms. The van der Waals surface area contributed by atoms with Crippen molar-refractivity contribution >= 4 is 11.6 Å². The Hall–Kier alpha value is 0.0900. The molecule has 0 spiro atoms. The van der Waals surface area contributed by atoms with Crippen LogP contribution in [0.4, 0.5) is 0 Å². The van der Waals surface area contributed by atoms with Crippen molar-refractivity contribution in [1.82, 2.24) is 0 Å². The van der Waals surface area contributed by atoms with Gasteiger partial charge < -0.3 is 25.2 Å². The van der Waals surface area contributed by atoms with Crippen LogP contribution < -0.4 is 0 Å². The van der Waals surface area contributed by atoms with Crippen LogP contribution in [0.2, 0.25) is 0 Å². The van der Waals surface area contributed by atoms with Gasteiger partial charge in [-0.15, -0.1) is 11.6 Å². The lowest BCUT2D eigenvalue weighted by Crippen LogP contribution is -2.57. The van der Waals surface area contributed by atoms with Crippen LogP contribution in [-0.4, -0.2) is 57.0 Å². The van der Waals surface area contributed by atoms with E-state index < -0.39 is 30.7 Å². The molecule has 0 saturated carbocycles. The maximum atomic E-state index is 9.20. The van der Waals surface area contributed by atoms with Crippen molar-refractivity contribution in [1.29, 1.82) is 0 Å². The van der Waals surface area contributed by atoms with Crippen LogP contribution in [-0.2, 0) is 4.74 Å². The summed E-state index contributed by atoms with van der Waals surface area (Å²) in [5.74, 6) is -0.0536. The monoisotopic (exact) mass is 198 g/mol. The second kappa shape index (κ2) is 3.87. The fourth-order valence-electron chi connectivity index (χ4n) is 1.06. The van der Waals surface area contributed by atoms with Crippen LogP contribution in [0, 0.1) is 0 Å². The summed E-state index contributed by atoms with van der Waals surface area (Å²) in [6, 6.07) is 0. The summed E-state index contributed by atoms with van der Waals surface area (Å²) in [6.07, 6.45) is -6.51. The predicted molar refractivity (Wildman–Crippen MR) is 39.6 cm³/mol. The van der Waals surface area contributed by atoms with Gasteiger partial charge in [-0.2, -0.15) is 0 Å². The van der Waals surface area contributed by atoms with E-state index in [1.165, 1.54) is 0 Å². The summed E-state index contributed by atoms with van der Waals surface area (Å²) in [7, 11) is 0. The van der Waals surface area contributed by atoms with Crippen molar-refractivity contribution in [2.24, 2.45) is 0 Å². The average Bonchev–Trinajstić information content (AvgIpc) is 2.08. The lowest BCUT2D eigenvalue weighted by Gasteiger charge is -2.37. The van der Waals surface area contributed by atoms with Crippen molar-refractivity contribution in [2.45, 2.75) is 30.7 Å². The predicted octanol–water partition coefficient (Wildman–Crippen LogP) is -1.97. The smallest absolute Gasteiger partial charge is 0.184 e. The highest BCUT2D eigenvalue weighted by Crippen LogP contribution is 2.20. The SMILES string of the molecule is OC1[C@H](O)OC(CCl)[C@H](O)[C@@H]1O. The molecule has 72 valence electrons. The Bertz CT molecular complexity index is 150. The van der Waals surface area contributed by atoms with E-state index in [2.05, 4.69) is 0 Å². The zero-order valence-corrected chi connectivity index (χ0v) is 6.92. The number of alkyl halides is 1. The molecule has 0 aliphatic carbocycles. The van der Waals surface area contributed by atoms with Gasteiger partial charge in [0.1, 0.15) is 24.4 Å². The molecule has 0 aromatic carbocycles. The molecular weight excluding hydrogens is 188 g/mol. The fourth-order valence-corrected chi connectivity index (χ4v) is 1.31. The maximum absolute atomic E-state index is 9.20. The number of aliphatic hydroxyl groups excluding tert-OH is 4. The van der Waals surface area contributed by atoms with Crippen LogP contribution in [0.1, 0.15) is 0 Å². The Kier molecular flexibility index (Phi) is 3.28. The molecule has 0 bridgehead atoms. The van der Waals surface area contributed by atoms with Crippen molar-refractivity contribution in [3.05, 3.63) is 0 Å². The first kappa shape index (κ1) is 10.2. The molecule has 1 aliphatic rings. The maximum Gasteiger partial charge on any atom is 0.184 e. The number of halogens is 1. The van der Waals surface area contributed by atoms with E-state index in [9.17, 15) is 5.11 Å². The molecule has 5 nitrogen and oxygen atoms in total. The molecule has 0 amide bonds. The normalized spacial score (nSPS) is 49.2. The first-order chi connectivity index (χ1) is 5.57. The fraction of sp³-hybridized carbons (Fsp3) is 1.00. The van der Waals surface area contributed by atoms with E-state index in [1.54, 1.807) is 0 Å². The molecule has 4 N–H and O–H groups in total. The largest absolute Gasteiger partial charge is 0.388 e. The zero-order chi connectivity index (χ0) is 9.30. The topological polar surface area (TPSA) is 90.2 Å². The molecule has 0 aromatic rings. The summed E-state index contributed by atoms with van der Waals surface area (Å²) in [5, 5.41) is 36.3. The van der Waals surface area contributed by atoms with E-state index in [-0.39, 0.29) is 5.88 Å². The second-order valence-electron chi connectivity index (χ2n) is 2.69. The van der Waals surface area contributed by atoms with Gasteiger partial charge in [0, 0.05) is 0 Å². The number of aliphatic hydroxyl groups is 4. The highest BCUT2D eigenvalue weighted by atomic mass is 35.5. The first-order valence-corrected chi connectivity index (χ1v) is 4.05. The van der Waals surface area contributed by atoms with Gasteiger partial charge in [0.2, 0.25) is 0 Å². The summed E-state index contributed by atoms with van der Waals surface area (Å²) >= 11 is 5.36. The van der Waals surface area contributed by atoms with Gasteiger partial charge in [-0.25, -0.2) is 0 Å². The minimum Gasteiger partial charge on any atom is -0.388 e. The second-order valence-corrected chi connectivity index (χ2v) is 3.00. The zero-order valence-electron chi connectivity index (χ0n) is 6.17. The van der Waals surface area contributed by atoms with E-state index in [0.717, 1.165) is 0 Å². The molecule has 2 unspecified atom stereocenters. The van der Waals surface area contributed by atoms with E-state index in [0.29, 0.717) is 0 Å². The third kappa shape index (κ3) is 1.71. The van der Waals surface area contributed by atoms with Crippen LogP contribution in [0.5, 0.6) is 0 Å². The van der Waals surface area contributed by atoms with Crippen molar-refractivity contribution in [3.63, 3.8) is 0 Å². The molecule has 5 atom stereocenters. The number of rotatable bonds is 1. The quantitative estimate of drug-likeness (QED) is 0.367. The van der Waals surface area contributed by atoms with Crippen LogP contribution in [0.25, 0.3) is 0 Å². The first-order valence-electron chi connectivity index (χ1n) is 3.51. The van der Waals surface area contributed by atoms with Gasteiger partial charge in [-0.1, -0.05) is 0 Å². The highest BCUT2D eigenvalue weighted by Gasteiger charge is 2.42. The van der Waals surface area contributed by atoms with Gasteiger partial charge in [0.25, 0.3) is 0 Å². The Labute approximate surface area is 74.2 Å². The number of ether oxygens (including phenoxy) is 1. The molecule has 0 aromatic heterocycles.